The third kappa shape index (κ3) is 2.38. The molecule has 4 nitrogen and oxygen atoms in total. The average Bonchev–Trinajstić information content (AvgIpc) is 2.99. The summed E-state index contributed by atoms with van der Waals surface area (Å²) in [6.07, 6.45) is 1.25. The summed E-state index contributed by atoms with van der Waals surface area (Å²) in [6, 6.07) is 13.4. The van der Waals surface area contributed by atoms with Crippen LogP contribution in [0.4, 0.5) is 4.39 Å². The number of carbonyl (C=O) groups excluding carboxylic acids is 1. The molecule has 1 aliphatic carbocycles. The summed E-state index contributed by atoms with van der Waals surface area (Å²) in [5, 5.41) is 4.15. The van der Waals surface area contributed by atoms with Crippen LogP contribution < -0.4 is 10.9 Å². The lowest BCUT2D eigenvalue weighted by Gasteiger charge is -2.14. The first-order valence-electron chi connectivity index (χ1n) is 7.84. The number of nitrogens with one attached hydrogen (secondary N) is 2. The van der Waals surface area contributed by atoms with Gasteiger partial charge in [0.15, 0.2) is 0 Å². The standard InChI is InChI=1S/C19H15FN2O2/c20-15-7-3-6-14-13(15)8-9-16(14)21-19(24)17-10-11-4-1-2-5-12(11)18(23)22-17/h1-7,10,16H,8-9H2,(H,21,24)(H,22,23). The van der Waals surface area contributed by atoms with E-state index < -0.39 is 0 Å². The molecule has 0 spiro atoms. The van der Waals surface area contributed by atoms with Gasteiger partial charge in [-0.1, -0.05) is 30.3 Å². The molecular formula is C19H15FN2O2. The summed E-state index contributed by atoms with van der Waals surface area (Å²) in [5.74, 6) is -0.594. The van der Waals surface area contributed by atoms with Gasteiger partial charge in [-0.05, 0) is 47.6 Å². The van der Waals surface area contributed by atoms with Gasteiger partial charge >= 0.3 is 0 Å². The molecule has 0 bridgehead atoms. The van der Waals surface area contributed by atoms with E-state index in [0.29, 0.717) is 29.2 Å². The summed E-state index contributed by atoms with van der Waals surface area (Å²) >= 11 is 0. The molecule has 0 radical (unpaired) electrons. The molecule has 1 aromatic heterocycles. The first-order chi connectivity index (χ1) is 11.6. The van der Waals surface area contributed by atoms with Crippen LogP contribution >= 0.6 is 0 Å². The van der Waals surface area contributed by atoms with Gasteiger partial charge in [0.2, 0.25) is 0 Å². The lowest BCUT2D eigenvalue weighted by atomic mass is 10.1. The van der Waals surface area contributed by atoms with Crippen LogP contribution in [0.1, 0.15) is 34.1 Å². The van der Waals surface area contributed by atoms with Gasteiger partial charge in [0.1, 0.15) is 11.5 Å². The van der Waals surface area contributed by atoms with Crippen molar-refractivity contribution in [3.05, 3.63) is 81.5 Å². The molecule has 0 aliphatic heterocycles. The van der Waals surface area contributed by atoms with Gasteiger partial charge in [-0.2, -0.15) is 0 Å². The van der Waals surface area contributed by atoms with Crippen LogP contribution in [0.15, 0.2) is 53.3 Å². The van der Waals surface area contributed by atoms with Gasteiger partial charge in [0.25, 0.3) is 11.5 Å². The quantitative estimate of drug-likeness (QED) is 0.761. The molecule has 5 heteroatoms. The minimum absolute atomic E-state index is 0.212. The minimum Gasteiger partial charge on any atom is -0.344 e. The van der Waals surface area contributed by atoms with Crippen molar-refractivity contribution in [1.82, 2.24) is 10.3 Å². The van der Waals surface area contributed by atoms with Crippen molar-refractivity contribution in [2.75, 3.05) is 0 Å². The van der Waals surface area contributed by atoms with Gasteiger partial charge < -0.3 is 10.3 Å². The fourth-order valence-electron chi connectivity index (χ4n) is 3.33. The van der Waals surface area contributed by atoms with Crippen molar-refractivity contribution in [2.24, 2.45) is 0 Å². The van der Waals surface area contributed by atoms with Crippen molar-refractivity contribution in [1.29, 1.82) is 0 Å². The Labute approximate surface area is 137 Å². The number of benzene rings is 2. The molecule has 24 heavy (non-hydrogen) atoms. The lowest BCUT2D eigenvalue weighted by Crippen LogP contribution is -2.29. The largest absolute Gasteiger partial charge is 0.344 e. The second kappa shape index (κ2) is 5.60. The zero-order chi connectivity index (χ0) is 16.7. The fraction of sp³-hybridized carbons (Fsp3) is 0.158. The molecule has 0 fully saturated rings. The number of aromatic nitrogens is 1. The predicted octanol–water partition coefficient (Wildman–Crippen LogP) is 3.08. The number of pyridine rings is 1. The summed E-state index contributed by atoms with van der Waals surface area (Å²) in [5.41, 5.74) is 1.39. The first-order valence-corrected chi connectivity index (χ1v) is 7.84. The van der Waals surface area contributed by atoms with Crippen LogP contribution in [-0.4, -0.2) is 10.9 Å². The molecule has 0 saturated heterocycles. The lowest BCUT2D eigenvalue weighted by molar-refractivity contribution is 0.0931. The summed E-state index contributed by atoms with van der Waals surface area (Å²) < 4.78 is 13.8. The maximum absolute atomic E-state index is 13.8. The minimum atomic E-state index is -0.361. The van der Waals surface area contributed by atoms with Gasteiger partial charge in [-0.25, -0.2) is 4.39 Å². The normalized spacial score (nSPS) is 16.1. The zero-order valence-corrected chi connectivity index (χ0v) is 12.8. The van der Waals surface area contributed by atoms with Crippen LogP contribution in [0.25, 0.3) is 10.8 Å². The molecule has 3 aromatic rings. The summed E-state index contributed by atoms with van der Waals surface area (Å²) in [4.78, 5) is 27.2. The Morgan fingerprint density at radius 3 is 2.88 bits per heavy atom. The van der Waals surface area contributed by atoms with E-state index >= 15 is 0 Å². The second-order valence-electron chi connectivity index (χ2n) is 5.97. The van der Waals surface area contributed by atoms with Crippen molar-refractivity contribution < 1.29 is 9.18 Å². The third-order valence-corrected chi connectivity index (χ3v) is 4.52. The Morgan fingerprint density at radius 2 is 2.00 bits per heavy atom. The third-order valence-electron chi connectivity index (χ3n) is 4.52. The van der Waals surface area contributed by atoms with E-state index in [2.05, 4.69) is 10.3 Å². The highest BCUT2D eigenvalue weighted by Crippen LogP contribution is 2.32. The Bertz CT molecular complexity index is 1010. The highest BCUT2D eigenvalue weighted by Gasteiger charge is 2.26. The fourth-order valence-corrected chi connectivity index (χ4v) is 3.33. The SMILES string of the molecule is O=C(NC1CCc2c(F)cccc21)c1cc2ccccc2c(=O)[nH]1. The van der Waals surface area contributed by atoms with Gasteiger partial charge in [0.05, 0.1) is 6.04 Å². The molecule has 1 heterocycles. The Kier molecular flexibility index (Phi) is 3.41. The highest BCUT2D eigenvalue weighted by atomic mass is 19.1. The zero-order valence-electron chi connectivity index (χ0n) is 12.8. The molecule has 4 rings (SSSR count). The van der Waals surface area contributed by atoms with Crippen molar-refractivity contribution in [2.45, 2.75) is 18.9 Å². The highest BCUT2D eigenvalue weighted by molar-refractivity contribution is 5.96. The number of H-pyrrole nitrogens is 1. The van der Waals surface area contributed by atoms with Crippen LogP contribution in [0.3, 0.4) is 0 Å². The maximum atomic E-state index is 13.8. The number of amides is 1. The molecule has 1 unspecified atom stereocenters. The van der Waals surface area contributed by atoms with E-state index in [-0.39, 0.29) is 29.0 Å². The average molecular weight is 322 g/mol. The van der Waals surface area contributed by atoms with E-state index in [1.54, 1.807) is 30.3 Å². The summed E-state index contributed by atoms with van der Waals surface area (Å²) in [7, 11) is 0. The van der Waals surface area contributed by atoms with Gasteiger partial charge in [-0.15, -0.1) is 0 Å². The number of fused-ring (bicyclic) bond motifs is 2. The topological polar surface area (TPSA) is 62.0 Å². The predicted molar refractivity (Wildman–Crippen MR) is 89.5 cm³/mol. The van der Waals surface area contributed by atoms with Crippen LogP contribution in [-0.2, 0) is 6.42 Å². The first kappa shape index (κ1) is 14.6. The molecule has 1 aliphatic rings. The number of aromatic amines is 1. The van der Waals surface area contributed by atoms with E-state index in [1.807, 2.05) is 12.1 Å². The van der Waals surface area contributed by atoms with Crippen LogP contribution in [0.5, 0.6) is 0 Å². The Hall–Kier alpha value is -2.95. The van der Waals surface area contributed by atoms with E-state index in [1.165, 1.54) is 6.07 Å². The van der Waals surface area contributed by atoms with Gasteiger partial charge in [-0.3, -0.25) is 9.59 Å². The van der Waals surface area contributed by atoms with Crippen LogP contribution in [0, 0.1) is 5.82 Å². The van der Waals surface area contributed by atoms with Crippen LogP contribution in [0.2, 0.25) is 0 Å². The molecule has 1 amide bonds. The van der Waals surface area contributed by atoms with Crippen molar-refractivity contribution >= 4 is 16.7 Å². The number of halogens is 1. The van der Waals surface area contributed by atoms with E-state index in [4.69, 9.17) is 0 Å². The molecule has 2 aromatic carbocycles. The van der Waals surface area contributed by atoms with Crippen molar-refractivity contribution in [3.63, 3.8) is 0 Å². The van der Waals surface area contributed by atoms with E-state index in [0.717, 1.165) is 5.56 Å². The maximum Gasteiger partial charge on any atom is 0.268 e. The van der Waals surface area contributed by atoms with Crippen molar-refractivity contribution in [3.8, 4) is 0 Å². The number of hydrogen-bond acceptors (Lipinski definition) is 2. The smallest absolute Gasteiger partial charge is 0.268 e. The number of carbonyl (C=O) groups is 1. The number of hydrogen-bond donors (Lipinski definition) is 2. The second-order valence-corrected chi connectivity index (χ2v) is 5.97. The molecule has 0 saturated carbocycles. The Balaban J connectivity index is 1.65. The molecular weight excluding hydrogens is 307 g/mol. The Morgan fingerprint density at radius 1 is 1.17 bits per heavy atom. The van der Waals surface area contributed by atoms with Gasteiger partial charge in [0, 0.05) is 5.39 Å². The molecule has 1 atom stereocenters. The monoisotopic (exact) mass is 322 g/mol. The summed E-state index contributed by atoms with van der Waals surface area (Å²) in [6.45, 7) is 0. The van der Waals surface area contributed by atoms with E-state index in [9.17, 15) is 14.0 Å². The molecule has 2 N–H and O–H groups in total. The number of rotatable bonds is 2. The molecule has 120 valence electrons.